The number of carbonyl (C=O) groups excluding carboxylic acids is 1. The molecule has 1 aliphatic rings. The first-order chi connectivity index (χ1) is 12.8. The fourth-order valence-electron chi connectivity index (χ4n) is 3.15. The fraction of sp³-hybridized carbons (Fsp3) is 0.263. The van der Waals surface area contributed by atoms with Crippen LogP contribution in [-0.2, 0) is 0 Å². The lowest BCUT2D eigenvalue weighted by molar-refractivity contribution is 0.102. The number of rotatable bonds is 5. The Morgan fingerprint density at radius 1 is 1.08 bits per heavy atom. The number of nitrogens with zero attached hydrogens (tertiary/aromatic N) is 4. The largest absolute Gasteiger partial charge is 0.322 e. The van der Waals surface area contributed by atoms with Crippen molar-refractivity contribution in [3.63, 3.8) is 0 Å². The standard InChI is InChI=1S/C19H19N5OS/c25-19(17-7-3-4-8-18(17)24-13-20-22-23-24)21-14-9-11-16(12-10-14)26-15-5-1-2-6-15/h3-4,7-13,15H,1-2,5-6H2,(H,21,25). The molecule has 0 unspecified atom stereocenters. The molecule has 0 bridgehead atoms. The Balaban J connectivity index is 1.47. The van der Waals surface area contributed by atoms with E-state index in [2.05, 4.69) is 33.0 Å². The quantitative estimate of drug-likeness (QED) is 0.741. The lowest BCUT2D eigenvalue weighted by Crippen LogP contribution is -2.15. The Labute approximate surface area is 156 Å². The van der Waals surface area contributed by atoms with Crippen molar-refractivity contribution in [2.75, 3.05) is 5.32 Å². The maximum atomic E-state index is 12.7. The maximum absolute atomic E-state index is 12.7. The van der Waals surface area contributed by atoms with Gasteiger partial charge in [-0.1, -0.05) is 25.0 Å². The van der Waals surface area contributed by atoms with E-state index in [1.54, 1.807) is 6.07 Å². The molecule has 2 aromatic carbocycles. The van der Waals surface area contributed by atoms with E-state index in [1.807, 2.05) is 42.1 Å². The zero-order valence-electron chi connectivity index (χ0n) is 14.2. The highest BCUT2D eigenvalue weighted by atomic mass is 32.2. The summed E-state index contributed by atoms with van der Waals surface area (Å²) in [6, 6.07) is 15.3. The second-order valence-electron chi connectivity index (χ2n) is 6.27. The van der Waals surface area contributed by atoms with Gasteiger partial charge >= 0.3 is 0 Å². The molecule has 1 saturated carbocycles. The summed E-state index contributed by atoms with van der Waals surface area (Å²) in [5.74, 6) is -0.188. The van der Waals surface area contributed by atoms with E-state index < -0.39 is 0 Å². The highest BCUT2D eigenvalue weighted by Crippen LogP contribution is 2.35. The first-order valence-corrected chi connectivity index (χ1v) is 9.58. The summed E-state index contributed by atoms with van der Waals surface area (Å²) in [6.07, 6.45) is 6.76. The van der Waals surface area contributed by atoms with Crippen molar-refractivity contribution in [1.29, 1.82) is 0 Å². The number of carbonyl (C=O) groups is 1. The molecule has 3 aromatic rings. The van der Waals surface area contributed by atoms with Gasteiger partial charge < -0.3 is 5.32 Å². The Bertz CT molecular complexity index is 873. The van der Waals surface area contributed by atoms with Crippen molar-refractivity contribution in [2.45, 2.75) is 35.8 Å². The van der Waals surface area contributed by atoms with E-state index in [4.69, 9.17) is 0 Å². The fourth-order valence-corrected chi connectivity index (χ4v) is 4.40. The number of thioether (sulfide) groups is 1. The smallest absolute Gasteiger partial charge is 0.257 e. The third-order valence-corrected chi connectivity index (χ3v) is 5.81. The molecule has 0 saturated heterocycles. The van der Waals surface area contributed by atoms with Gasteiger partial charge in [-0.25, -0.2) is 0 Å². The molecule has 0 atom stereocenters. The van der Waals surface area contributed by atoms with Crippen LogP contribution in [0.25, 0.3) is 5.69 Å². The number of hydrogen-bond acceptors (Lipinski definition) is 5. The molecule has 0 spiro atoms. The molecule has 7 heteroatoms. The molecule has 1 fully saturated rings. The predicted octanol–water partition coefficient (Wildman–Crippen LogP) is 3.95. The molecule has 1 heterocycles. The van der Waals surface area contributed by atoms with Gasteiger partial charge in [0.15, 0.2) is 0 Å². The van der Waals surface area contributed by atoms with Gasteiger partial charge in [-0.3, -0.25) is 4.79 Å². The second kappa shape index (κ2) is 7.70. The lowest BCUT2D eigenvalue weighted by atomic mass is 10.1. The van der Waals surface area contributed by atoms with Crippen LogP contribution in [0.1, 0.15) is 36.0 Å². The van der Waals surface area contributed by atoms with Crippen LogP contribution in [-0.4, -0.2) is 31.4 Å². The number of nitrogens with one attached hydrogen (secondary N) is 1. The summed E-state index contributed by atoms with van der Waals surface area (Å²) in [5.41, 5.74) is 1.94. The molecular formula is C19H19N5OS. The molecule has 26 heavy (non-hydrogen) atoms. The van der Waals surface area contributed by atoms with Crippen LogP contribution in [0.15, 0.2) is 59.8 Å². The molecular weight excluding hydrogens is 346 g/mol. The molecule has 1 amide bonds. The maximum Gasteiger partial charge on any atom is 0.257 e. The molecule has 1 N–H and O–H groups in total. The van der Waals surface area contributed by atoms with Crippen molar-refractivity contribution >= 4 is 23.4 Å². The summed E-state index contributed by atoms with van der Waals surface area (Å²) in [7, 11) is 0. The van der Waals surface area contributed by atoms with Crippen molar-refractivity contribution in [1.82, 2.24) is 20.2 Å². The minimum Gasteiger partial charge on any atom is -0.322 e. The highest BCUT2D eigenvalue weighted by Gasteiger charge is 2.16. The van der Waals surface area contributed by atoms with E-state index in [0.717, 1.165) is 10.9 Å². The minimum absolute atomic E-state index is 0.188. The van der Waals surface area contributed by atoms with Gasteiger partial charge in [-0.05, 0) is 59.7 Å². The second-order valence-corrected chi connectivity index (χ2v) is 7.65. The highest BCUT2D eigenvalue weighted by molar-refractivity contribution is 8.00. The number of amides is 1. The van der Waals surface area contributed by atoms with Crippen LogP contribution in [0, 0.1) is 0 Å². The monoisotopic (exact) mass is 365 g/mol. The van der Waals surface area contributed by atoms with Crippen molar-refractivity contribution in [3.8, 4) is 5.69 Å². The first-order valence-electron chi connectivity index (χ1n) is 8.70. The summed E-state index contributed by atoms with van der Waals surface area (Å²) < 4.78 is 1.48. The van der Waals surface area contributed by atoms with Crippen molar-refractivity contribution < 1.29 is 4.79 Å². The first kappa shape index (κ1) is 16.8. The van der Waals surface area contributed by atoms with Crippen LogP contribution >= 0.6 is 11.8 Å². The predicted molar refractivity (Wildman–Crippen MR) is 102 cm³/mol. The van der Waals surface area contributed by atoms with E-state index in [0.29, 0.717) is 11.3 Å². The third-order valence-electron chi connectivity index (χ3n) is 4.46. The van der Waals surface area contributed by atoms with Crippen LogP contribution < -0.4 is 5.32 Å². The summed E-state index contributed by atoms with van der Waals surface area (Å²) in [4.78, 5) is 13.9. The van der Waals surface area contributed by atoms with Crippen molar-refractivity contribution in [3.05, 3.63) is 60.4 Å². The van der Waals surface area contributed by atoms with Crippen LogP contribution in [0.3, 0.4) is 0 Å². The number of para-hydroxylation sites is 1. The molecule has 1 aliphatic carbocycles. The molecule has 1 aromatic heterocycles. The topological polar surface area (TPSA) is 72.7 Å². The van der Waals surface area contributed by atoms with Gasteiger partial charge in [0.2, 0.25) is 0 Å². The van der Waals surface area contributed by atoms with Crippen molar-refractivity contribution in [2.24, 2.45) is 0 Å². The summed E-state index contributed by atoms with van der Waals surface area (Å²) >= 11 is 1.94. The van der Waals surface area contributed by atoms with Gasteiger partial charge in [0.1, 0.15) is 6.33 Å². The SMILES string of the molecule is O=C(Nc1ccc(SC2CCCC2)cc1)c1ccccc1-n1cnnn1. The van der Waals surface area contributed by atoms with E-state index in [9.17, 15) is 4.79 Å². The van der Waals surface area contributed by atoms with Gasteiger partial charge in [-0.15, -0.1) is 16.9 Å². The summed E-state index contributed by atoms with van der Waals surface area (Å²) in [6.45, 7) is 0. The number of aromatic nitrogens is 4. The van der Waals surface area contributed by atoms with Crippen LogP contribution in [0.4, 0.5) is 5.69 Å². The van der Waals surface area contributed by atoms with Gasteiger partial charge in [0.25, 0.3) is 5.91 Å². The average Bonchev–Trinajstić information content (AvgIpc) is 3.37. The zero-order chi connectivity index (χ0) is 17.8. The molecule has 132 valence electrons. The molecule has 4 rings (SSSR count). The van der Waals surface area contributed by atoms with Gasteiger partial charge in [0.05, 0.1) is 11.3 Å². The van der Waals surface area contributed by atoms with E-state index in [1.165, 1.54) is 41.6 Å². The Hall–Kier alpha value is -2.67. The van der Waals surface area contributed by atoms with Crippen LogP contribution in [0.5, 0.6) is 0 Å². The number of anilines is 1. The Kier molecular flexibility index (Phi) is 4.97. The van der Waals surface area contributed by atoms with E-state index in [-0.39, 0.29) is 5.91 Å². The van der Waals surface area contributed by atoms with Gasteiger partial charge in [0, 0.05) is 15.8 Å². The Morgan fingerprint density at radius 3 is 2.58 bits per heavy atom. The van der Waals surface area contributed by atoms with Gasteiger partial charge in [-0.2, -0.15) is 4.68 Å². The third kappa shape index (κ3) is 3.77. The number of tetrazole rings is 1. The lowest BCUT2D eigenvalue weighted by Gasteiger charge is -2.11. The van der Waals surface area contributed by atoms with E-state index >= 15 is 0 Å². The minimum atomic E-state index is -0.188. The average molecular weight is 365 g/mol. The number of hydrogen-bond donors (Lipinski definition) is 1. The normalized spacial score (nSPS) is 14.5. The number of benzene rings is 2. The Morgan fingerprint density at radius 2 is 1.85 bits per heavy atom. The molecule has 0 aliphatic heterocycles. The zero-order valence-corrected chi connectivity index (χ0v) is 15.0. The summed E-state index contributed by atoms with van der Waals surface area (Å²) in [5, 5.41) is 14.8. The molecule has 6 nitrogen and oxygen atoms in total. The molecule has 0 radical (unpaired) electrons. The van der Waals surface area contributed by atoms with Crippen LogP contribution in [0.2, 0.25) is 0 Å².